The lowest BCUT2D eigenvalue weighted by molar-refractivity contribution is -0.140. The first-order chi connectivity index (χ1) is 9.66. The van der Waals surface area contributed by atoms with Gasteiger partial charge in [-0.2, -0.15) is 0 Å². The van der Waals surface area contributed by atoms with Gasteiger partial charge in [-0.15, -0.1) is 0 Å². The smallest absolute Gasteiger partial charge is 0.309 e. The van der Waals surface area contributed by atoms with Gasteiger partial charge in [-0.25, -0.2) is 0 Å². The van der Waals surface area contributed by atoms with E-state index in [1.807, 2.05) is 37.3 Å². The molecule has 1 aromatic carbocycles. The fourth-order valence-corrected chi connectivity index (χ4v) is 2.59. The van der Waals surface area contributed by atoms with Gasteiger partial charge in [-0.1, -0.05) is 49.6 Å². The largest absolute Gasteiger partial charge is 0.345 e. The van der Waals surface area contributed by atoms with E-state index < -0.39 is 11.8 Å². The molecule has 4 nitrogen and oxygen atoms in total. The van der Waals surface area contributed by atoms with Crippen molar-refractivity contribution in [2.75, 3.05) is 0 Å². The van der Waals surface area contributed by atoms with Gasteiger partial charge in [0.1, 0.15) is 0 Å². The van der Waals surface area contributed by atoms with Crippen LogP contribution in [0.3, 0.4) is 0 Å². The van der Waals surface area contributed by atoms with E-state index in [1.54, 1.807) is 0 Å². The Bertz CT molecular complexity index is 453. The van der Waals surface area contributed by atoms with Crippen molar-refractivity contribution in [3.05, 3.63) is 35.9 Å². The van der Waals surface area contributed by atoms with Crippen LogP contribution in [0.4, 0.5) is 0 Å². The maximum absolute atomic E-state index is 11.9. The van der Waals surface area contributed by atoms with Crippen molar-refractivity contribution >= 4 is 11.8 Å². The predicted octanol–water partition coefficient (Wildman–Crippen LogP) is 2.31. The summed E-state index contributed by atoms with van der Waals surface area (Å²) in [6.45, 7) is 1.88. The third kappa shape index (κ3) is 4.08. The zero-order chi connectivity index (χ0) is 14.4. The molecule has 0 unspecified atom stereocenters. The second kappa shape index (κ2) is 7.08. The van der Waals surface area contributed by atoms with Crippen LogP contribution in [0.15, 0.2) is 30.3 Å². The lowest BCUT2D eigenvalue weighted by Gasteiger charge is -2.23. The van der Waals surface area contributed by atoms with E-state index in [0.29, 0.717) is 0 Å². The summed E-state index contributed by atoms with van der Waals surface area (Å²) in [7, 11) is 0. The Morgan fingerprint density at radius 2 is 1.70 bits per heavy atom. The SMILES string of the molecule is C[C@@H](NC(=O)C(=O)NC1CCCCC1)c1ccccc1. The molecule has 0 bridgehead atoms. The van der Waals surface area contributed by atoms with E-state index in [1.165, 1.54) is 6.42 Å². The molecule has 1 atom stereocenters. The van der Waals surface area contributed by atoms with E-state index in [2.05, 4.69) is 10.6 Å². The summed E-state index contributed by atoms with van der Waals surface area (Å²) in [5, 5.41) is 5.56. The molecule has 1 saturated carbocycles. The molecule has 0 saturated heterocycles. The number of carbonyl (C=O) groups excluding carboxylic acids is 2. The van der Waals surface area contributed by atoms with Gasteiger partial charge in [0.25, 0.3) is 0 Å². The van der Waals surface area contributed by atoms with E-state index in [4.69, 9.17) is 0 Å². The Kier molecular flexibility index (Phi) is 5.16. The molecule has 2 amide bonds. The third-order valence-corrected chi connectivity index (χ3v) is 3.79. The first kappa shape index (κ1) is 14.6. The van der Waals surface area contributed by atoms with Gasteiger partial charge >= 0.3 is 11.8 Å². The van der Waals surface area contributed by atoms with Crippen molar-refractivity contribution in [2.24, 2.45) is 0 Å². The van der Waals surface area contributed by atoms with Crippen molar-refractivity contribution in [1.82, 2.24) is 10.6 Å². The standard InChI is InChI=1S/C16H22N2O2/c1-12(13-8-4-2-5-9-13)17-15(19)16(20)18-14-10-6-3-7-11-14/h2,4-5,8-9,12,14H,3,6-7,10-11H2,1H3,(H,17,19)(H,18,20)/t12-/m1/s1. The predicted molar refractivity (Wildman–Crippen MR) is 78.0 cm³/mol. The number of hydrogen-bond acceptors (Lipinski definition) is 2. The Labute approximate surface area is 119 Å². The molecule has 0 aromatic heterocycles. The van der Waals surface area contributed by atoms with Crippen LogP contribution in [0, 0.1) is 0 Å². The molecule has 2 rings (SSSR count). The molecule has 2 N–H and O–H groups in total. The molecule has 0 spiro atoms. The van der Waals surface area contributed by atoms with Crippen LogP contribution in [-0.4, -0.2) is 17.9 Å². The van der Waals surface area contributed by atoms with Gasteiger partial charge in [0.05, 0.1) is 6.04 Å². The number of nitrogens with one attached hydrogen (secondary N) is 2. The van der Waals surface area contributed by atoms with Crippen LogP contribution < -0.4 is 10.6 Å². The van der Waals surface area contributed by atoms with E-state index in [0.717, 1.165) is 31.2 Å². The topological polar surface area (TPSA) is 58.2 Å². The summed E-state index contributed by atoms with van der Waals surface area (Å²) in [4.78, 5) is 23.7. The molecule has 1 fully saturated rings. The van der Waals surface area contributed by atoms with Gasteiger partial charge in [0.2, 0.25) is 0 Å². The lowest BCUT2D eigenvalue weighted by atomic mass is 9.95. The van der Waals surface area contributed by atoms with Crippen LogP contribution in [0.25, 0.3) is 0 Å². The second-order valence-electron chi connectivity index (χ2n) is 5.41. The first-order valence-electron chi connectivity index (χ1n) is 7.33. The minimum Gasteiger partial charge on any atom is -0.345 e. The molecule has 0 aliphatic heterocycles. The minimum absolute atomic E-state index is 0.161. The van der Waals surface area contributed by atoms with Gasteiger partial charge < -0.3 is 10.6 Å². The normalized spacial score (nSPS) is 17.2. The molecule has 1 aromatic rings. The molecular weight excluding hydrogens is 252 g/mol. The zero-order valence-electron chi connectivity index (χ0n) is 11.9. The highest BCUT2D eigenvalue weighted by Gasteiger charge is 2.21. The summed E-state index contributed by atoms with van der Waals surface area (Å²) in [6.07, 6.45) is 5.45. The summed E-state index contributed by atoms with van der Waals surface area (Å²) < 4.78 is 0. The lowest BCUT2D eigenvalue weighted by Crippen LogP contribution is -2.45. The highest BCUT2D eigenvalue weighted by Crippen LogP contribution is 2.17. The molecule has 20 heavy (non-hydrogen) atoms. The number of carbonyl (C=O) groups is 2. The average Bonchev–Trinajstić information content (AvgIpc) is 2.49. The van der Waals surface area contributed by atoms with Gasteiger partial charge in [-0.3, -0.25) is 9.59 Å². The molecule has 1 aliphatic carbocycles. The Morgan fingerprint density at radius 1 is 1.05 bits per heavy atom. The van der Waals surface area contributed by atoms with Crippen LogP contribution >= 0.6 is 0 Å². The Hall–Kier alpha value is -1.84. The minimum atomic E-state index is -0.549. The van der Waals surface area contributed by atoms with Crippen molar-refractivity contribution in [3.8, 4) is 0 Å². The summed E-state index contributed by atoms with van der Waals surface area (Å²) in [6, 6.07) is 9.62. The van der Waals surface area contributed by atoms with E-state index >= 15 is 0 Å². The highest BCUT2D eigenvalue weighted by atomic mass is 16.2. The van der Waals surface area contributed by atoms with Crippen molar-refractivity contribution in [1.29, 1.82) is 0 Å². The number of amides is 2. The molecule has 0 heterocycles. The zero-order valence-corrected chi connectivity index (χ0v) is 11.9. The molecule has 1 aliphatic rings. The molecular formula is C16H22N2O2. The van der Waals surface area contributed by atoms with Crippen LogP contribution in [0.1, 0.15) is 50.6 Å². The maximum Gasteiger partial charge on any atom is 0.309 e. The summed E-state index contributed by atoms with van der Waals surface area (Å²) >= 11 is 0. The van der Waals surface area contributed by atoms with E-state index in [9.17, 15) is 9.59 Å². The molecule has 4 heteroatoms. The van der Waals surface area contributed by atoms with Crippen LogP contribution in [-0.2, 0) is 9.59 Å². The molecule has 108 valence electrons. The Balaban J connectivity index is 1.83. The number of rotatable bonds is 3. The van der Waals surface area contributed by atoms with Crippen molar-refractivity contribution in [2.45, 2.75) is 51.1 Å². The number of hydrogen-bond donors (Lipinski definition) is 2. The van der Waals surface area contributed by atoms with Gasteiger partial charge in [-0.05, 0) is 25.3 Å². The maximum atomic E-state index is 11.9. The highest BCUT2D eigenvalue weighted by molar-refractivity contribution is 6.35. The average molecular weight is 274 g/mol. The number of benzene rings is 1. The second-order valence-corrected chi connectivity index (χ2v) is 5.41. The van der Waals surface area contributed by atoms with Crippen molar-refractivity contribution < 1.29 is 9.59 Å². The Morgan fingerprint density at radius 3 is 2.35 bits per heavy atom. The fraction of sp³-hybridized carbons (Fsp3) is 0.500. The van der Waals surface area contributed by atoms with Crippen molar-refractivity contribution in [3.63, 3.8) is 0 Å². The first-order valence-corrected chi connectivity index (χ1v) is 7.33. The summed E-state index contributed by atoms with van der Waals surface area (Å²) in [5.74, 6) is -1.06. The van der Waals surface area contributed by atoms with E-state index in [-0.39, 0.29) is 12.1 Å². The molecule has 0 radical (unpaired) electrons. The quantitative estimate of drug-likeness (QED) is 0.831. The fourth-order valence-electron chi connectivity index (χ4n) is 2.59. The summed E-state index contributed by atoms with van der Waals surface area (Å²) in [5.41, 5.74) is 0.992. The van der Waals surface area contributed by atoms with Crippen LogP contribution in [0.5, 0.6) is 0 Å². The van der Waals surface area contributed by atoms with Crippen LogP contribution in [0.2, 0.25) is 0 Å². The third-order valence-electron chi connectivity index (χ3n) is 3.79. The van der Waals surface area contributed by atoms with Gasteiger partial charge in [0.15, 0.2) is 0 Å². The van der Waals surface area contributed by atoms with Gasteiger partial charge in [0, 0.05) is 6.04 Å². The monoisotopic (exact) mass is 274 g/mol.